The Morgan fingerprint density at radius 3 is 2.70 bits per heavy atom. The van der Waals surface area contributed by atoms with E-state index in [4.69, 9.17) is 0 Å². The number of benzene rings is 1. The van der Waals surface area contributed by atoms with Crippen molar-refractivity contribution in [1.29, 1.82) is 0 Å². The Balaban J connectivity index is 1.50. The average Bonchev–Trinajstić information content (AvgIpc) is 3.13. The lowest BCUT2D eigenvalue weighted by atomic mass is 10.2. The molecule has 4 rings (SSSR count). The molecule has 0 unspecified atom stereocenters. The van der Waals surface area contributed by atoms with Crippen LogP contribution in [0.25, 0.3) is 0 Å². The van der Waals surface area contributed by atoms with Crippen LogP contribution in [0.15, 0.2) is 35.5 Å². The van der Waals surface area contributed by atoms with Gasteiger partial charge in [-0.2, -0.15) is 0 Å². The van der Waals surface area contributed by atoms with Gasteiger partial charge in [0.25, 0.3) is 0 Å². The van der Waals surface area contributed by atoms with Crippen molar-refractivity contribution in [3.8, 4) is 0 Å². The number of hydrogen-bond acceptors (Lipinski definition) is 7. The zero-order chi connectivity index (χ0) is 15.6. The molecule has 1 aromatic carbocycles. The SMILES string of the molecule is C[C@H](Sc1nnnn1Cc1ccccc1)c1nnnn1C1CC1. The first kappa shape index (κ1) is 14.3. The van der Waals surface area contributed by atoms with Crippen molar-refractivity contribution in [2.75, 3.05) is 0 Å². The van der Waals surface area contributed by atoms with Crippen molar-refractivity contribution in [2.24, 2.45) is 0 Å². The van der Waals surface area contributed by atoms with Gasteiger partial charge in [0, 0.05) is 0 Å². The zero-order valence-corrected chi connectivity index (χ0v) is 13.5. The van der Waals surface area contributed by atoms with E-state index in [0.717, 1.165) is 29.4 Å². The van der Waals surface area contributed by atoms with Crippen molar-refractivity contribution in [2.45, 2.75) is 42.8 Å². The molecule has 2 heterocycles. The van der Waals surface area contributed by atoms with Crippen LogP contribution >= 0.6 is 11.8 Å². The fourth-order valence-corrected chi connectivity index (χ4v) is 3.28. The van der Waals surface area contributed by atoms with E-state index in [0.29, 0.717) is 12.6 Å². The number of nitrogens with zero attached hydrogens (tertiary/aromatic N) is 8. The summed E-state index contributed by atoms with van der Waals surface area (Å²) in [6.45, 7) is 2.73. The summed E-state index contributed by atoms with van der Waals surface area (Å²) in [6.07, 6.45) is 2.31. The summed E-state index contributed by atoms with van der Waals surface area (Å²) in [5.74, 6) is 0.881. The zero-order valence-electron chi connectivity index (χ0n) is 12.6. The van der Waals surface area contributed by atoms with Crippen LogP contribution in [-0.4, -0.2) is 40.4 Å². The second-order valence-electron chi connectivity index (χ2n) is 5.58. The molecule has 0 spiro atoms. The molecule has 0 N–H and O–H groups in total. The van der Waals surface area contributed by atoms with Gasteiger partial charge < -0.3 is 0 Å². The van der Waals surface area contributed by atoms with Gasteiger partial charge in [-0.05, 0) is 46.2 Å². The van der Waals surface area contributed by atoms with E-state index < -0.39 is 0 Å². The molecule has 1 aliphatic carbocycles. The van der Waals surface area contributed by atoms with Crippen molar-refractivity contribution in [3.05, 3.63) is 41.7 Å². The summed E-state index contributed by atoms with van der Waals surface area (Å²) in [7, 11) is 0. The first-order valence-corrected chi connectivity index (χ1v) is 8.44. The molecule has 1 atom stereocenters. The van der Waals surface area contributed by atoms with Crippen LogP contribution in [0.5, 0.6) is 0 Å². The van der Waals surface area contributed by atoms with Gasteiger partial charge in [-0.1, -0.05) is 42.1 Å². The third-order valence-electron chi connectivity index (χ3n) is 3.73. The minimum Gasteiger partial charge on any atom is -0.225 e. The van der Waals surface area contributed by atoms with E-state index in [-0.39, 0.29) is 5.25 Å². The van der Waals surface area contributed by atoms with E-state index in [2.05, 4.69) is 50.1 Å². The molecule has 0 saturated heterocycles. The van der Waals surface area contributed by atoms with Crippen LogP contribution in [0.2, 0.25) is 0 Å². The highest BCUT2D eigenvalue weighted by Crippen LogP contribution is 2.39. The molecule has 1 fully saturated rings. The molecular weight excluding hydrogens is 312 g/mol. The fraction of sp³-hybridized carbons (Fsp3) is 0.429. The summed E-state index contributed by atoms with van der Waals surface area (Å²) in [5, 5.41) is 25.0. The smallest absolute Gasteiger partial charge is 0.210 e. The summed E-state index contributed by atoms with van der Waals surface area (Å²) in [4.78, 5) is 0. The Labute approximate surface area is 137 Å². The first-order valence-electron chi connectivity index (χ1n) is 7.56. The van der Waals surface area contributed by atoms with Crippen molar-refractivity contribution in [1.82, 2.24) is 40.4 Å². The lowest BCUT2D eigenvalue weighted by molar-refractivity contribution is 0.580. The third kappa shape index (κ3) is 3.09. The van der Waals surface area contributed by atoms with Crippen LogP contribution in [0.1, 0.15) is 42.4 Å². The molecule has 0 radical (unpaired) electrons. The van der Waals surface area contributed by atoms with Gasteiger partial charge in [0.1, 0.15) is 0 Å². The highest BCUT2D eigenvalue weighted by Gasteiger charge is 2.30. The number of aromatic nitrogens is 8. The average molecular weight is 328 g/mol. The summed E-state index contributed by atoms with van der Waals surface area (Å²) >= 11 is 1.58. The molecule has 8 nitrogen and oxygen atoms in total. The normalized spacial score (nSPS) is 15.7. The number of hydrogen-bond donors (Lipinski definition) is 0. The number of tetrazole rings is 2. The molecule has 9 heteroatoms. The molecule has 2 aromatic heterocycles. The van der Waals surface area contributed by atoms with Crippen LogP contribution in [0.3, 0.4) is 0 Å². The molecular formula is C14H16N8S. The maximum absolute atomic E-state index is 4.17. The number of rotatable bonds is 6. The predicted molar refractivity (Wildman–Crippen MR) is 83.7 cm³/mol. The highest BCUT2D eigenvalue weighted by molar-refractivity contribution is 7.99. The molecule has 3 aromatic rings. The standard InChI is InChI=1S/C14H16N8S/c1-10(13-15-17-20-22(13)12-7-8-12)23-14-16-18-19-21(14)9-11-5-3-2-4-6-11/h2-6,10,12H,7-9H2,1H3/t10-/m0/s1. The van der Waals surface area contributed by atoms with Crippen molar-refractivity contribution >= 4 is 11.8 Å². The number of thioether (sulfide) groups is 1. The molecule has 0 bridgehead atoms. The van der Waals surface area contributed by atoms with E-state index in [1.54, 1.807) is 11.8 Å². The second kappa shape index (κ2) is 6.07. The first-order chi connectivity index (χ1) is 11.3. The monoisotopic (exact) mass is 328 g/mol. The van der Waals surface area contributed by atoms with Crippen LogP contribution in [0.4, 0.5) is 0 Å². The third-order valence-corrected chi connectivity index (χ3v) is 4.80. The maximum atomic E-state index is 4.17. The Bertz CT molecular complexity index is 779. The van der Waals surface area contributed by atoms with E-state index in [1.807, 2.05) is 27.6 Å². The Hall–Kier alpha value is -2.29. The summed E-state index contributed by atoms with van der Waals surface area (Å²) < 4.78 is 3.74. The van der Waals surface area contributed by atoms with Gasteiger partial charge in [-0.3, -0.25) is 0 Å². The highest BCUT2D eigenvalue weighted by atomic mass is 32.2. The summed E-state index contributed by atoms with van der Waals surface area (Å²) in [5.41, 5.74) is 1.16. The van der Waals surface area contributed by atoms with E-state index in [9.17, 15) is 0 Å². The van der Waals surface area contributed by atoms with Gasteiger partial charge >= 0.3 is 0 Å². The van der Waals surface area contributed by atoms with Gasteiger partial charge in [-0.25, -0.2) is 9.36 Å². The van der Waals surface area contributed by atoms with Crippen LogP contribution in [-0.2, 0) is 6.54 Å². The lowest BCUT2D eigenvalue weighted by Crippen LogP contribution is -2.08. The predicted octanol–water partition coefficient (Wildman–Crippen LogP) is 1.90. The fourth-order valence-electron chi connectivity index (χ4n) is 2.39. The lowest BCUT2D eigenvalue weighted by Gasteiger charge is -2.10. The van der Waals surface area contributed by atoms with Gasteiger partial charge in [0.2, 0.25) is 5.16 Å². The maximum Gasteiger partial charge on any atom is 0.210 e. The van der Waals surface area contributed by atoms with Gasteiger partial charge in [0.05, 0.1) is 17.8 Å². The molecule has 23 heavy (non-hydrogen) atoms. The molecule has 1 aliphatic rings. The quantitative estimate of drug-likeness (QED) is 0.639. The van der Waals surface area contributed by atoms with Gasteiger partial charge in [-0.15, -0.1) is 10.2 Å². The molecule has 1 saturated carbocycles. The van der Waals surface area contributed by atoms with Crippen molar-refractivity contribution in [3.63, 3.8) is 0 Å². The minimum atomic E-state index is 0.0890. The van der Waals surface area contributed by atoms with Crippen LogP contribution < -0.4 is 0 Å². The van der Waals surface area contributed by atoms with Gasteiger partial charge in [0.15, 0.2) is 5.82 Å². The minimum absolute atomic E-state index is 0.0890. The molecule has 0 aliphatic heterocycles. The Morgan fingerprint density at radius 1 is 1.13 bits per heavy atom. The van der Waals surface area contributed by atoms with Crippen LogP contribution in [0, 0.1) is 0 Å². The largest absolute Gasteiger partial charge is 0.225 e. The van der Waals surface area contributed by atoms with Crippen molar-refractivity contribution < 1.29 is 0 Å². The topological polar surface area (TPSA) is 87.2 Å². The summed E-state index contributed by atoms with van der Waals surface area (Å²) in [6, 6.07) is 10.6. The molecule has 0 amide bonds. The Kier molecular flexibility index (Phi) is 3.78. The molecule has 118 valence electrons. The Morgan fingerprint density at radius 2 is 1.91 bits per heavy atom. The van der Waals surface area contributed by atoms with E-state index >= 15 is 0 Å². The van der Waals surface area contributed by atoms with E-state index in [1.165, 1.54) is 0 Å². The second-order valence-corrected chi connectivity index (χ2v) is 6.89.